The summed E-state index contributed by atoms with van der Waals surface area (Å²) in [5.74, 6) is 0.931. The first-order chi connectivity index (χ1) is 14.3. The van der Waals surface area contributed by atoms with Crippen molar-refractivity contribution in [2.45, 2.75) is 19.4 Å². The molecular formula is C22H22ClFN6. The van der Waals surface area contributed by atoms with Crippen molar-refractivity contribution >= 4 is 29.1 Å². The molecule has 30 heavy (non-hydrogen) atoms. The molecule has 0 bridgehead atoms. The Hall–Kier alpha value is -3.03. The Labute approximate surface area is 179 Å². The Bertz CT molecular complexity index is 1180. The molecule has 0 saturated heterocycles. The number of aromatic amines is 1. The Kier molecular flexibility index (Phi) is 5.92. The molecule has 0 aliphatic carbocycles. The van der Waals surface area contributed by atoms with E-state index in [1.165, 1.54) is 23.2 Å². The number of aromatic nitrogens is 4. The SMILES string of the molecule is Cl.Fc1cncc(-c2nc3c(c(NCCc4c[nH]c5ccccc45)n2)CCNC3)c1. The number of benzene rings is 1. The zero-order valence-corrected chi connectivity index (χ0v) is 17.1. The summed E-state index contributed by atoms with van der Waals surface area (Å²) < 4.78 is 13.6. The highest BCUT2D eigenvalue weighted by Crippen LogP contribution is 2.25. The topological polar surface area (TPSA) is 78.5 Å². The van der Waals surface area contributed by atoms with Crippen molar-refractivity contribution in [1.29, 1.82) is 0 Å². The lowest BCUT2D eigenvalue weighted by Gasteiger charge is -2.20. The summed E-state index contributed by atoms with van der Waals surface area (Å²) >= 11 is 0. The van der Waals surface area contributed by atoms with Gasteiger partial charge < -0.3 is 15.6 Å². The van der Waals surface area contributed by atoms with Crippen molar-refractivity contribution in [1.82, 2.24) is 25.3 Å². The number of anilines is 1. The van der Waals surface area contributed by atoms with Crippen LogP contribution in [0.2, 0.25) is 0 Å². The molecule has 0 atom stereocenters. The predicted molar refractivity (Wildman–Crippen MR) is 118 cm³/mol. The Morgan fingerprint density at radius 3 is 2.93 bits per heavy atom. The second-order valence-corrected chi connectivity index (χ2v) is 7.18. The van der Waals surface area contributed by atoms with Crippen LogP contribution in [0.1, 0.15) is 16.8 Å². The van der Waals surface area contributed by atoms with Gasteiger partial charge in [0, 0.05) is 47.5 Å². The van der Waals surface area contributed by atoms with Crippen molar-refractivity contribution < 1.29 is 4.39 Å². The van der Waals surface area contributed by atoms with Crippen LogP contribution >= 0.6 is 12.4 Å². The van der Waals surface area contributed by atoms with Crippen molar-refractivity contribution in [2.24, 2.45) is 0 Å². The second-order valence-electron chi connectivity index (χ2n) is 7.18. The smallest absolute Gasteiger partial charge is 0.163 e. The third kappa shape index (κ3) is 3.99. The van der Waals surface area contributed by atoms with Crippen LogP contribution in [0.25, 0.3) is 22.3 Å². The van der Waals surface area contributed by atoms with Gasteiger partial charge in [0.15, 0.2) is 5.82 Å². The Morgan fingerprint density at radius 1 is 1.13 bits per heavy atom. The molecule has 4 aromatic rings. The van der Waals surface area contributed by atoms with Crippen LogP contribution in [0, 0.1) is 5.82 Å². The molecule has 6 nitrogen and oxygen atoms in total. The molecule has 154 valence electrons. The van der Waals surface area contributed by atoms with E-state index in [-0.39, 0.29) is 12.4 Å². The van der Waals surface area contributed by atoms with E-state index in [9.17, 15) is 4.39 Å². The fraction of sp³-hybridized carbons (Fsp3) is 0.227. The first-order valence-corrected chi connectivity index (χ1v) is 9.78. The van der Waals surface area contributed by atoms with Crippen LogP contribution in [-0.2, 0) is 19.4 Å². The van der Waals surface area contributed by atoms with Gasteiger partial charge in [0.1, 0.15) is 11.6 Å². The molecular weight excluding hydrogens is 403 g/mol. The van der Waals surface area contributed by atoms with Crippen LogP contribution < -0.4 is 10.6 Å². The van der Waals surface area contributed by atoms with E-state index < -0.39 is 5.82 Å². The maximum absolute atomic E-state index is 13.6. The summed E-state index contributed by atoms with van der Waals surface area (Å²) in [4.78, 5) is 16.6. The van der Waals surface area contributed by atoms with Crippen molar-refractivity contribution in [3.05, 3.63) is 71.6 Å². The number of fused-ring (bicyclic) bond motifs is 2. The fourth-order valence-corrected chi connectivity index (χ4v) is 3.82. The quantitative estimate of drug-likeness (QED) is 0.453. The van der Waals surface area contributed by atoms with Gasteiger partial charge in [0.25, 0.3) is 0 Å². The highest BCUT2D eigenvalue weighted by atomic mass is 35.5. The lowest BCUT2D eigenvalue weighted by molar-refractivity contribution is 0.619. The molecule has 0 radical (unpaired) electrons. The van der Waals surface area contributed by atoms with Gasteiger partial charge in [-0.25, -0.2) is 14.4 Å². The maximum Gasteiger partial charge on any atom is 0.163 e. The van der Waals surface area contributed by atoms with Gasteiger partial charge in [-0.1, -0.05) is 18.2 Å². The van der Waals surface area contributed by atoms with Crippen molar-refractivity contribution in [3.8, 4) is 11.4 Å². The first-order valence-electron chi connectivity index (χ1n) is 9.78. The number of nitrogens with one attached hydrogen (secondary N) is 3. The summed E-state index contributed by atoms with van der Waals surface area (Å²) in [6.07, 6.45) is 6.58. The maximum atomic E-state index is 13.6. The zero-order valence-electron chi connectivity index (χ0n) is 16.3. The molecule has 1 aliphatic heterocycles. The van der Waals surface area contributed by atoms with Crippen LogP contribution in [0.15, 0.2) is 48.9 Å². The average molecular weight is 425 g/mol. The van der Waals surface area contributed by atoms with E-state index >= 15 is 0 Å². The molecule has 3 aromatic heterocycles. The number of H-pyrrole nitrogens is 1. The lowest BCUT2D eigenvalue weighted by atomic mass is 10.1. The number of para-hydroxylation sites is 1. The monoisotopic (exact) mass is 424 g/mol. The number of halogens is 2. The van der Waals surface area contributed by atoms with Crippen molar-refractivity contribution in [3.63, 3.8) is 0 Å². The second kappa shape index (κ2) is 8.77. The van der Waals surface area contributed by atoms with Crippen molar-refractivity contribution in [2.75, 3.05) is 18.4 Å². The number of hydrogen-bond acceptors (Lipinski definition) is 5. The molecule has 0 saturated carbocycles. The molecule has 0 spiro atoms. The zero-order chi connectivity index (χ0) is 19.6. The van der Waals surface area contributed by atoms with Gasteiger partial charge in [-0.3, -0.25) is 4.98 Å². The number of hydrogen-bond donors (Lipinski definition) is 3. The molecule has 5 rings (SSSR count). The normalized spacial score (nSPS) is 13.0. The molecule has 0 amide bonds. The summed E-state index contributed by atoms with van der Waals surface area (Å²) in [5, 5.41) is 8.08. The van der Waals surface area contributed by atoms with E-state index in [2.05, 4.69) is 50.0 Å². The van der Waals surface area contributed by atoms with E-state index in [1.54, 1.807) is 6.20 Å². The molecule has 8 heteroatoms. The number of pyridine rings is 1. The standard InChI is InChI=1S/C22H21FN6.ClH/c23-16-9-15(10-25-12-16)21-28-20-13-24-7-6-18(20)22(29-21)26-8-5-14-11-27-19-4-2-1-3-17(14)19;/h1-4,9-12,24,27H,5-8,13H2,(H,26,28,29);1H. The summed E-state index contributed by atoms with van der Waals surface area (Å²) in [7, 11) is 0. The summed E-state index contributed by atoms with van der Waals surface area (Å²) in [5.41, 5.74) is 5.09. The van der Waals surface area contributed by atoms with Crippen LogP contribution in [-0.4, -0.2) is 33.0 Å². The van der Waals surface area contributed by atoms with Gasteiger partial charge in [-0.15, -0.1) is 12.4 Å². The van der Waals surface area contributed by atoms with Crippen LogP contribution in [0.5, 0.6) is 0 Å². The highest BCUT2D eigenvalue weighted by molar-refractivity contribution is 5.85. The molecule has 0 fully saturated rings. The predicted octanol–water partition coefficient (Wildman–Crippen LogP) is 3.88. The molecule has 1 aromatic carbocycles. The van der Waals surface area contributed by atoms with Gasteiger partial charge in [-0.2, -0.15) is 0 Å². The highest BCUT2D eigenvalue weighted by Gasteiger charge is 2.18. The largest absolute Gasteiger partial charge is 0.369 e. The third-order valence-electron chi connectivity index (χ3n) is 5.26. The van der Waals surface area contributed by atoms with Gasteiger partial charge >= 0.3 is 0 Å². The molecule has 4 heterocycles. The number of rotatable bonds is 5. The van der Waals surface area contributed by atoms with Gasteiger partial charge in [0.2, 0.25) is 0 Å². The van der Waals surface area contributed by atoms with E-state index in [0.717, 1.165) is 48.5 Å². The summed E-state index contributed by atoms with van der Waals surface area (Å²) in [6.45, 7) is 2.33. The summed E-state index contributed by atoms with van der Waals surface area (Å²) in [6, 6.07) is 9.72. The molecule has 0 unspecified atom stereocenters. The lowest BCUT2D eigenvalue weighted by Crippen LogP contribution is -2.27. The minimum atomic E-state index is -0.393. The fourth-order valence-electron chi connectivity index (χ4n) is 3.82. The van der Waals surface area contributed by atoms with Crippen LogP contribution in [0.3, 0.4) is 0 Å². The first kappa shape index (κ1) is 20.3. The van der Waals surface area contributed by atoms with Crippen LogP contribution in [0.4, 0.5) is 10.2 Å². The molecule has 3 N–H and O–H groups in total. The number of nitrogens with zero attached hydrogens (tertiary/aromatic N) is 3. The van der Waals surface area contributed by atoms with Gasteiger partial charge in [0.05, 0.1) is 11.9 Å². The Balaban J connectivity index is 0.00000218. The third-order valence-corrected chi connectivity index (χ3v) is 5.26. The van der Waals surface area contributed by atoms with E-state index in [0.29, 0.717) is 17.9 Å². The van der Waals surface area contributed by atoms with E-state index in [1.807, 2.05) is 6.07 Å². The van der Waals surface area contributed by atoms with Gasteiger partial charge in [-0.05, 0) is 37.1 Å². The molecule has 1 aliphatic rings. The minimum Gasteiger partial charge on any atom is -0.369 e. The minimum absolute atomic E-state index is 0. The Morgan fingerprint density at radius 2 is 2.03 bits per heavy atom. The average Bonchev–Trinajstić information content (AvgIpc) is 3.17. The van der Waals surface area contributed by atoms with E-state index in [4.69, 9.17) is 4.98 Å².